The zero-order chi connectivity index (χ0) is 12.5. The quantitative estimate of drug-likeness (QED) is 0.889. The molecule has 1 N–H and O–H groups in total. The maximum absolute atomic E-state index is 13.7. The molecule has 0 aliphatic heterocycles. The van der Waals surface area contributed by atoms with Gasteiger partial charge in [0.2, 0.25) is 0 Å². The van der Waals surface area contributed by atoms with Gasteiger partial charge in [0.1, 0.15) is 5.82 Å². The molecular formula is C15H20FNO. The Kier molecular flexibility index (Phi) is 3.35. The van der Waals surface area contributed by atoms with Crippen LogP contribution >= 0.6 is 0 Å². The lowest BCUT2D eigenvalue weighted by atomic mass is 10.1. The molecular weight excluding hydrogens is 229 g/mol. The highest BCUT2D eigenvalue weighted by Crippen LogP contribution is 2.34. The first-order chi connectivity index (χ1) is 8.79. The van der Waals surface area contributed by atoms with Crippen molar-refractivity contribution in [1.29, 1.82) is 0 Å². The maximum Gasteiger partial charge on any atom is 0.126 e. The molecule has 0 bridgehead atoms. The lowest BCUT2D eigenvalue weighted by Gasteiger charge is -2.24. The molecule has 3 heteroatoms. The minimum absolute atomic E-state index is 0.0495. The van der Waals surface area contributed by atoms with E-state index in [1.54, 1.807) is 13.2 Å². The van der Waals surface area contributed by atoms with E-state index in [1.807, 2.05) is 6.07 Å². The van der Waals surface area contributed by atoms with Gasteiger partial charge in [0.05, 0.1) is 6.10 Å². The number of hydrogen-bond donors (Lipinski definition) is 1. The van der Waals surface area contributed by atoms with Gasteiger partial charge >= 0.3 is 0 Å². The molecule has 0 radical (unpaired) electrons. The van der Waals surface area contributed by atoms with Gasteiger partial charge in [0, 0.05) is 19.2 Å². The summed E-state index contributed by atoms with van der Waals surface area (Å²) in [5.41, 5.74) is 2.05. The van der Waals surface area contributed by atoms with Crippen molar-refractivity contribution in [3.63, 3.8) is 0 Å². The van der Waals surface area contributed by atoms with E-state index < -0.39 is 0 Å². The average molecular weight is 249 g/mol. The summed E-state index contributed by atoms with van der Waals surface area (Å²) in [4.78, 5) is 0. The van der Waals surface area contributed by atoms with E-state index in [1.165, 1.54) is 12.8 Å². The molecule has 98 valence electrons. The van der Waals surface area contributed by atoms with Crippen LogP contribution in [0.4, 0.5) is 4.39 Å². The Balaban J connectivity index is 1.75. The topological polar surface area (TPSA) is 21.3 Å². The van der Waals surface area contributed by atoms with E-state index in [-0.39, 0.29) is 5.82 Å². The molecule has 3 atom stereocenters. The van der Waals surface area contributed by atoms with Crippen molar-refractivity contribution >= 4 is 0 Å². The third-order valence-electron chi connectivity index (χ3n) is 4.38. The maximum atomic E-state index is 13.7. The number of benzene rings is 1. The third kappa shape index (κ3) is 2.06. The highest BCUT2D eigenvalue weighted by molar-refractivity contribution is 5.35. The van der Waals surface area contributed by atoms with Crippen LogP contribution in [0, 0.1) is 5.82 Å². The van der Waals surface area contributed by atoms with Crippen LogP contribution in [0.3, 0.4) is 0 Å². The summed E-state index contributed by atoms with van der Waals surface area (Å²) in [6.07, 6.45) is 5.70. The molecule has 2 nitrogen and oxygen atoms in total. The number of halogens is 1. The molecule has 18 heavy (non-hydrogen) atoms. The lowest BCUT2D eigenvalue weighted by Crippen LogP contribution is -2.38. The van der Waals surface area contributed by atoms with Crippen LogP contribution in [0.5, 0.6) is 0 Å². The summed E-state index contributed by atoms with van der Waals surface area (Å²) in [5, 5.41) is 3.67. The van der Waals surface area contributed by atoms with E-state index in [2.05, 4.69) is 11.4 Å². The molecule has 0 amide bonds. The van der Waals surface area contributed by atoms with Gasteiger partial charge < -0.3 is 10.1 Å². The fourth-order valence-electron chi connectivity index (χ4n) is 3.44. The fourth-order valence-corrected chi connectivity index (χ4v) is 3.44. The highest BCUT2D eigenvalue weighted by atomic mass is 19.1. The van der Waals surface area contributed by atoms with Gasteiger partial charge in [-0.3, -0.25) is 0 Å². The number of ether oxygens (including phenoxy) is 1. The number of hydrogen-bond acceptors (Lipinski definition) is 2. The van der Waals surface area contributed by atoms with E-state index in [9.17, 15) is 4.39 Å². The first-order valence-electron chi connectivity index (χ1n) is 6.85. The predicted molar refractivity (Wildman–Crippen MR) is 69.0 cm³/mol. The van der Waals surface area contributed by atoms with Gasteiger partial charge in [-0.2, -0.15) is 0 Å². The van der Waals surface area contributed by atoms with Crippen LogP contribution in [0.15, 0.2) is 18.2 Å². The van der Waals surface area contributed by atoms with Gasteiger partial charge in [0.15, 0.2) is 0 Å². The average Bonchev–Trinajstić information content (AvgIpc) is 2.98. The number of rotatable bonds is 3. The number of fused-ring (bicyclic) bond motifs is 1. The Labute approximate surface area is 108 Å². The second kappa shape index (κ2) is 4.98. The monoisotopic (exact) mass is 249 g/mol. The molecule has 1 aromatic rings. The molecule has 2 aliphatic rings. The molecule has 0 heterocycles. The zero-order valence-electron chi connectivity index (χ0n) is 10.8. The molecule has 1 aromatic carbocycles. The van der Waals surface area contributed by atoms with Crippen LogP contribution in [0.25, 0.3) is 0 Å². The van der Waals surface area contributed by atoms with Crippen molar-refractivity contribution in [1.82, 2.24) is 5.32 Å². The summed E-state index contributed by atoms with van der Waals surface area (Å²) < 4.78 is 19.2. The molecule has 0 spiro atoms. The molecule has 0 aromatic heterocycles. The fraction of sp³-hybridized carbons (Fsp3) is 0.600. The van der Waals surface area contributed by atoms with Crippen LogP contribution < -0.4 is 5.32 Å². The van der Waals surface area contributed by atoms with E-state index in [0.29, 0.717) is 18.2 Å². The van der Waals surface area contributed by atoms with E-state index in [4.69, 9.17) is 4.74 Å². The normalized spacial score (nSPS) is 30.7. The Morgan fingerprint density at radius 2 is 2.17 bits per heavy atom. The second-order valence-corrected chi connectivity index (χ2v) is 5.38. The van der Waals surface area contributed by atoms with Gasteiger partial charge in [-0.1, -0.05) is 12.1 Å². The van der Waals surface area contributed by atoms with Crippen LogP contribution in [0.2, 0.25) is 0 Å². The molecule has 1 saturated carbocycles. The largest absolute Gasteiger partial charge is 0.380 e. The minimum atomic E-state index is -0.0495. The van der Waals surface area contributed by atoms with Crippen molar-refractivity contribution in [3.05, 3.63) is 35.1 Å². The summed E-state index contributed by atoms with van der Waals surface area (Å²) in [6, 6.07) is 6.16. The van der Waals surface area contributed by atoms with E-state index in [0.717, 1.165) is 30.4 Å². The molecule has 3 rings (SSSR count). The molecule has 2 aliphatic carbocycles. The minimum Gasteiger partial charge on any atom is -0.380 e. The SMILES string of the molecule is COC1CCCC1NC1CCc2c(F)cccc21. The number of methoxy groups -OCH3 is 1. The smallest absolute Gasteiger partial charge is 0.126 e. The molecule has 1 fully saturated rings. The summed E-state index contributed by atoms with van der Waals surface area (Å²) >= 11 is 0. The standard InChI is InChI=1S/C15H20FNO/c1-18-15-7-3-6-14(15)17-13-9-8-10-11(13)4-2-5-12(10)16/h2,4-5,13-15,17H,3,6-9H2,1H3. The van der Waals surface area contributed by atoms with Crippen LogP contribution in [0.1, 0.15) is 42.9 Å². The Bertz CT molecular complexity index is 435. The lowest BCUT2D eigenvalue weighted by molar-refractivity contribution is 0.0812. The second-order valence-electron chi connectivity index (χ2n) is 5.38. The van der Waals surface area contributed by atoms with Crippen LogP contribution in [-0.2, 0) is 11.2 Å². The predicted octanol–water partition coefficient (Wildman–Crippen LogP) is 2.97. The van der Waals surface area contributed by atoms with Crippen molar-refractivity contribution < 1.29 is 9.13 Å². The molecule has 0 saturated heterocycles. The summed E-state index contributed by atoms with van der Waals surface area (Å²) in [7, 11) is 1.78. The van der Waals surface area contributed by atoms with Gasteiger partial charge in [-0.25, -0.2) is 4.39 Å². The number of nitrogens with one attached hydrogen (secondary N) is 1. The van der Waals surface area contributed by atoms with Crippen molar-refractivity contribution in [2.45, 2.75) is 50.3 Å². The van der Waals surface area contributed by atoms with Gasteiger partial charge in [-0.05, 0) is 49.3 Å². The van der Waals surface area contributed by atoms with Crippen LogP contribution in [-0.4, -0.2) is 19.3 Å². The van der Waals surface area contributed by atoms with Crippen molar-refractivity contribution in [2.24, 2.45) is 0 Å². The first kappa shape index (κ1) is 12.1. The molecule has 3 unspecified atom stereocenters. The summed E-state index contributed by atoms with van der Waals surface area (Å²) in [6.45, 7) is 0. The highest BCUT2D eigenvalue weighted by Gasteiger charge is 2.32. The van der Waals surface area contributed by atoms with Gasteiger partial charge in [0.25, 0.3) is 0 Å². The van der Waals surface area contributed by atoms with Crippen molar-refractivity contribution in [2.75, 3.05) is 7.11 Å². The van der Waals surface area contributed by atoms with Gasteiger partial charge in [-0.15, -0.1) is 0 Å². The third-order valence-corrected chi connectivity index (χ3v) is 4.38. The first-order valence-corrected chi connectivity index (χ1v) is 6.85. The Hall–Kier alpha value is -0.930. The van der Waals surface area contributed by atoms with E-state index >= 15 is 0 Å². The Morgan fingerprint density at radius 1 is 1.28 bits per heavy atom. The Morgan fingerprint density at radius 3 is 3.00 bits per heavy atom. The summed E-state index contributed by atoms with van der Waals surface area (Å²) in [5.74, 6) is -0.0495. The van der Waals surface area contributed by atoms with Crippen molar-refractivity contribution in [3.8, 4) is 0 Å². The zero-order valence-corrected chi connectivity index (χ0v) is 10.8.